The average Bonchev–Trinajstić information content (AvgIpc) is 2.15. The van der Waals surface area contributed by atoms with Gasteiger partial charge in [-0.2, -0.15) is 0 Å². The number of carboxylic acid groups (broad SMARTS) is 1. The highest BCUT2D eigenvalue weighted by Gasteiger charge is 2.52. The molecule has 1 N–H and O–H groups in total. The number of carboxylic acids is 1. The largest absolute Gasteiger partial charge is 0.480 e. The summed E-state index contributed by atoms with van der Waals surface area (Å²) >= 11 is 0. The molecule has 98 valence electrons. The zero-order chi connectivity index (χ0) is 13.1. The summed E-state index contributed by atoms with van der Waals surface area (Å²) in [7, 11) is 0. The van der Waals surface area contributed by atoms with Crippen LogP contribution in [0, 0.1) is 17.3 Å². The molecule has 4 heteroatoms. The zero-order valence-electron chi connectivity index (χ0n) is 10.9. The Kier molecular flexibility index (Phi) is 4.54. The van der Waals surface area contributed by atoms with E-state index in [1.54, 1.807) is 20.8 Å². The summed E-state index contributed by atoms with van der Waals surface area (Å²) in [5.74, 6) is -1.51. The molecule has 0 amide bonds. The molecule has 0 aromatic carbocycles. The number of hydrogen-bond acceptors (Lipinski definition) is 3. The molecule has 1 atom stereocenters. The van der Waals surface area contributed by atoms with Gasteiger partial charge in [-0.15, -0.1) is 0 Å². The molecule has 0 bridgehead atoms. The molecule has 1 aliphatic carbocycles. The first-order valence-corrected chi connectivity index (χ1v) is 6.35. The third-order valence-electron chi connectivity index (χ3n) is 3.84. The Morgan fingerprint density at radius 2 is 2.00 bits per heavy atom. The number of carbonyl (C=O) groups excluding carboxylic acids is 1. The van der Waals surface area contributed by atoms with E-state index < -0.39 is 17.4 Å². The number of ether oxygens (including phenoxy) is 1. The molecular weight excluding hydrogens is 220 g/mol. The van der Waals surface area contributed by atoms with Gasteiger partial charge in [0.15, 0.2) is 5.41 Å². The first-order chi connectivity index (χ1) is 7.95. The lowest BCUT2D eigenvalue weighted by molar-refractivity contribution is -0.174. The molecular formula is C13H22O4. The standard InChI is InChI=1S/C13H22O4/c1-4-17-12(16)13(9(2)3,11(14)15)8-10-6-5-7-10/h9-10H,4-8H2,1-3H3,(H,14,15). The predicted molar refractivity (Wildman–Crippen MR) is 63.5 cm³/mol. The maximum absolute atomic E-state index is 12.0. The van der Waals surface area contributed by atoms with Crippen molar-refractivity contribution in [3.63, 3.8) is 0 Å². The molecule has 4 nitrogen and oxygen atoms in total. The van der Waals surface area contributed by atoms with E-state index in [9.17, 15) is 14.7 Å². The van der Waals surface area contributed by atoms with Gasteiger partial charge >= 0.3 is 11.9 Å². The Morgan fingerprint density at radius 1 is 1.41 bits per heavy atom. The van der Waals surface area contributed by atoms with Crippen LogP contribution in [-0.2, 0) is 14.3 Å². The van der Waals surface area contributed by atoms with Crippen LogP contribution in [0.15, 0.2) is 0 Å². The molecule has 1 saturated carbocycles. The van der Waals surface area contributed by atoms with Gasteiger partial charge < -0.3 is 9.84 Å². The lowest BCUT2D eigenvalue weighted by Gasteiger charge is -2.37. The van der Waals surface area contributed by atoms with Crippen molar-refractivity contribution in [2.24, 2.45) is 17.3 Å². The maximum atomic E-state index is 12.0. The van der Waals surface area contributed by atoms with Gasteiger partial charge in [-0.3, -0.25) is 9.59 Å². The number of carbonyl (C=O) groups is 2. The van der Waals surface area contributed by atoms with Gasteiger partial charge in [0, 0.05) is 0 Å². The fourth-order valence-corrected chi connectivity index (χ4v) is 2.39. The van der Waals surface area contributed by atoms with Gasteiger partial charge in [-0.1, -0.05) is 33.1 Å². The Hall–Kier alpha value is -1.06. The minimum absolute atomic E-state index is 0.227. The van der Waals surface area contributed by atoms with E-state index in [-0.39, 0.29) is 12.5 Å². The van der Waals surface area contributed by atoms with E-state index in [1.807, 2.05) is 0 Å². The van der Waals surface area contributed by atoms with Gasteiger partial charge in [0.25, 0.3) is 0 Å². The van der Waals surface area contributed by atoms with Crippen LogP contribution in [-0.4, -0.2) is 23.7 Å². The fourth-order valence-electron chi connectivity index (χ4n) is 2.39. The lowest BCUT2D eigenvalue weighted by Crippen LogP contribution is -2.47. The maximum Gasteiger partial charge on any atom is 0.323 e. The molecule has 0 radical (unpaired) electrons. The number of rotatable bonds is 6. The van der Waals surface area contributed by atoms with E-state index in [2.05, 4.69) is 0 Å². The molecule has 0 aromatic heterocycles. The van der Waals surface area contributed by atoms with Gasteiger partial charge in [-0.25, -0.2) is 0 Å². The van der Waals surface area contributed by atoms with Gasteiger partial charge in [0.1, 0.15) is 0 Å². The summed E-state index contributed by atoms with van der Waals surface area (Å²) in [6.07, 6.45) is 3.61. The Morgan fingerprint density at radius 3 is 2.29 bits per heavy atom. The third-order valence-corrected chi connectivity index (χ3v) is 3.84. The molecule has 0 saturated heterocycles. The van der Waals surface area contributed by atoms with Crippen molar-refractivity contribution in [3.8, 4) is 0 Å². The summed E-state index contributed by atoms with van der Waals surface area (Å²) in [6, 6.07) is 0. The number of aliphatic carboxylic acids is 1. The van der Waals surface area contributed by atoms with Gasteiger partial charge in [-0.05, 0) is 25.2 Å². The molecule has 1 unspecified atom stereocenters. The van der Waals surface area contributed by atoms with Crippen LogP contribution in [0.4, 0.5) is 0 Å². The summed E-state index contributed by atoms with van der Waals surface area (Å²) in [4.78, 5) is 23.6. The summed E-state index contributed by atoms with van der Waals surface area (Å²) in [5.41, 5.74) is -1.36. The molecule has 1 rings (SSSR count). The quantitative estimate of drug-likeness (QED) is 0.574. The van der Waals surface area contributed by atoms with Gasteiger partial charge in [0.2, 0.25) is 0 Å². The van der Waals surface area contributed by atoms with Crippen molar-refractivity contribution >= 4 is 11.9 Å². The van der Waals surface area contributed by atoms with Crippen LogP contribution in [0.5, 0.6) is 0 Å². The highest BCUT2D eigenvalue weighted by atomic mass is 16.5. The minimum atomic E-state index is -1.36. The molecule has 1 aliphatic rings. The summed E-state index contributed by atoms with van der Waals surface area (Å²) < 4.78 is 4.98. The van der Waals surface area contributed by atoms with E-state index in [4.69, 9.17) is 4.74 Å². The van der Waals surface area contributed by atoms with Crippen molar-refractivity contribution in [2.45, 2.75) is 46.5 Å². The second-order valence-corrected chi connectivity index (χ2v) is 5.15. The number of esters is 1. The SMILES string of the molecule is CCOC(=O)C(CC1CCC1)(C(=O)O)C(C)C. The van der Waals surface area contributed by atoms with Gasteiger partial charge in [0.05, 0.1) is 6.61 Å². The molecule has 0 aliphatic heterocycles. The van der Waals surface area contributed by atoms with Crippen LogP contribution in [0.3, 0.4) is 0 Å². The minimum Gasteiger partial charge on any atom is -0.480 e. The molecule has 1 fully saturated rings. The van der Waals surface area contributed by atoms with Crippen molar-refractivity contribution < 1.29 is 19.4 Å². The van der Waals surface area contributed by atoms with E-state index in [1.165, 1.54) is 0 Å². The molecule has 17 heavy (non-hydrogen) atoms. The van der Waals surface area contributed by atoms with Crippen molar-refractivity contribution in [1.29, 1.82) is 0 Å². The van der Waals surface area contributed by atoms with Crippen LogP contribution in [0.1, 0.15) is 46.5 Å². The topological polar surface area (TPSA) is 63.6 Å². The van der Waals surface area contributed by atoms with Crippen molar-refractivity contribution in [2.75, 3.05) is 6.61 Å². The first-order valence-electron chi connectivity index (χ1n) is 6.35. The normalized spacial score (nSPS) is 19.5. The Bertz CT molecular complexity index is 294. The van der Waals surface area contributed by atoms with Crippen molar-refractivity contribution in [3.05, 3.63) is 0 Å². The summed E-state index contributed by atoms with van der Waals surface area (Å²) in [6.45, 7) is 5.49. The second kappa shape index (κ2) is 5.52. The predicted octanol–water partition coefficient (Wildman–Crippen LogP) is 2.47. The highest BCUT2D eigenvalue weighted by molar-refractivity contribution is 5.99. The van der Waals surface area contributed by atoms with Crippen molar-refractivity contribution in [1.82, 2.24) is 0 Å². The van der Waals surface area contributed by atoms with Crippen LogP contribution in [0.25, 0.3) is 0 Å². The Balaban J connectivity index is 2.93. The van der Waals surface area contributed by atoms with Crippen LogP contribution in [0.2, 0.25) is 0 Å². The monoisotopic (exact) mass is 242 g/mol. The van der Waals surface area contributed by atoms with Crippen LogP contribution >= 0.6 is 0 Å². The average molecular weight is 242 g/mol. The summed E-state index contributed by atoms with van der Waals surface area (Å²) in [5, 5.41) is 9.46. The number of hydrogen-bond donors (Lipinski definition) is 1. The Labute approximate surface area is 102 Å². The third kappa shape index (κ3) is 2.61. The smallest absolute Gasteiger partial charge is 0.323 e. The lowest BCUT2D eigenvalue weighted by atomic mass is 9.66. The molecule has 0 aromatic rings. The fraction of sp³-hybridized carbons (Fsp3) is 0.846. The molecule has 0 heterocycles. The van der Waals surface area contributed by atoms with Crippen LogP contribution < -0.4 is 0 Å². The molecule has 0 spiro atoms. The highest BCUT2D eigenvalue weighted by Crippen LogP contribution is 2.43. The second-order valence-electron chi connectivity index (χ2n) is 5.15. The first kappa shape index (κ1) is 14.0. The van der Waals surface area contributed by atoms with E-state index in [0.717, 1.165) is 19.3 Å². The zero-order valence-corrected chi connectivity index (χ0v) is 10.9. The van der Waals surface area contributed by atoms with E-state index in [0.29, 0.717) is 12.3 Å². The van der Waals surface area contributed by atoms with E-state index >= 15 is 0 Å².